The first-order valence-electron chi connectivity index (χ1n) is 10.6. The van der Waals surface area contributed by atoms with Crippen LogP contribution in [0.25, 0.3) is 0 Å². The lowest BCUT2D eigenvalue weighted by atomic mass is 10.0. The summed E-state index contributed by atoms with van der Waals surface area (Å²) < 4.78 is 24.9. The molecule has 162 valence electrons. The second-order valence-electron chi connectivity index (χ2n) is 8.44. The van der Waals surface area contributed by atoms with Crippen LogP contribution in [0.5, 0.6) is 0 Å². The molecule has 0 spiro atoms. The molecule has 1 aliphatic heterocycles. The molecule has 0 saturated carbocycles. The van der Waals surface area contributed by atoms with E-state index >= 15 is 0 Å². The molecule has 1 amide bonds. The van der Waals surface area contributed by atoms with Crippen molar-refractivity contribution in [2.45, 2.75) is 44.6 Å². The first-order chi connectivity index (χ1) is 14.2. The molecule has 0 aliphatic carbocycles. The molecule has 1 heterocycles. The van der Waals surface area contributed by atoms with E-state index < -0.39 is 9.84 Å². The van der Waals surface area contributed by atoms with Gasteiger partial charge in [-0.15, -0.1) is 0 Å². The summed E-state index contributed by atoms with van der Waals surface area (Å²) in [7, 11) is -3.43. The van der Waals surface area contributed by atoms with Crippen LogP contribution in [0.3, 0.4) is 0 Å². The lowest BCUT2D eigenvalue weighted by molar-refractivity contribution is -0.132. The minimum atomic E-state index is -3.43. The molecule has 1 fully saturated rings. The zero-order valence-corrected chi connectivity index (χ0v) is 19.0. The molecule has 1 saturated heterocycles. The number of hydrogen-bond donors (Lipinski definition) is 0. The van der Waals surface area contributed by atoms with Crippen molar-refractivity contribution < 1.29 is 13.2 Å². The van der Waals surface area contributed by atoms with Crippen LogP contribution in [0, 0.1) is 6.92 Å². The third kappa shape index (κ3) is 5.92. The standard InChI is InChI=1S/C24H32N2O3S/c1-19(2)22-8-6-21(7-9-22)18-25-13-15-26(16-14-25)24(27)12-17-30(28,29)23-10-4-20(3)5-11-23/h4-11,19H,12-18H2,1-3H3. The van der Waals surface area contributed by atoms with E-state index in [0.717, 1.165) is 25.2 Å². The Morgan fingerprint density at radius 1 is 0.933 bits per heavy atom. The van der Waals surface area contributed by atoms with Gasteiger partial charge in [-0.25, -0.2) is 8.42 Å². The summed E-state index contributed by atoms with van der Waals surface area (Å²) in [6.07, 6.45) is 0.0346. The van der Waals surface area contributed by atoms with Gasteiger partial charge < -0.3 is 4.90 Å². The number of sulfone groups is 1. The van der Waals surface area contributed by atoms with Crippen molar-refractivity contribution in [2.75, 3.05) is 31.9 Å². The maximum absolute atomic E-state index is 12.5. The van der Waals surface area contributed by atoms with Crippen molar-refractivity contribution in [3.63, 3.8) is 0 Å². The van der Waals surface area contributed by atoms with Crippen LogP contribution in [0.15, 0.2) is 53.4 Å². The van der Waals surface area contributed by atoms with Gasteiger partial charge >= 0.3 is 0 Å². The lowest BCUT2D eigenvalue weighted by Gasteiger charge is -2.34. The molecule has 0 radical (unpaired) electrons. The van der Waals surface area contributed by atoms with Crippen LogP contribution in [0.2, 0.25) is 0 Å². The van der Waals surface area contributed by atoms with Gasteiger partial charge in [-0.3, -0.25) is 9.69 Å². The molecule has 0 unspecified atom stereocenters. The van der Waals surface area contributed by atoms with Crippen LogP contribution in [-0.4, -0.2) is 56.1 Å². The maximum atomic E-state index is 12.5. The van der Waals surface area contributed by atoms with E-state index in [9.17, 15) is 13.2 Å². The highest BCUT2D eigenvalue weighted by Crippen LogP contribution is 2.17. The predicted octanol–water partition coefficient (Wildman–Crippen LogP) is 3.63. The van der Waals surface area contributed by atoms with Gasteiger partial charge in [0.05, 0.1) is 10.6 Å². The minimum Gasteiger partial charge on any atom is -0.340 e. The van der Waals surface area contributed by atoms with E-state index in [1.54, 1.807) is 29.2 Å². The van der Waals surface area contributed by atoms with Crippen LogP contribution in [-0.2, 0) is 21.2 Å². The molecule has 5 nitrogen and oxygen atoms in total. The van der Waals surface area contributed by atoms with Crippen molar-refractivity contribution >= 4 is 15.7 Å². The van der Waals surface area contributed by atoms with Gasteiger partial charge in [-0.2, -0.15) is 0 Å². The van der Waals surface area contributed by atoms with Crippen LogP contribution in [0.4, 0.5) is 0 Å². The van der Waals surface area contributed by atoms with Crippen molar-refractivity contribution in [1.29, 1.82) is 0 Å². The fourth-order valence-electron chi connectivity index (χ4n) is 3.66. The minimum absolute atomic E-state index is 0.0346. The largest absolute Gasteiger partial charge is 0.340 e. The topological polar surface area (TPSA) is 57.7 Å². The average Bonchev–Trinajstić information content (AvgIpc) is 2.73. The van der Waals surface area contributed by atoms with Crippen molar-refractivity contribution in [3.05, 3.63) is 65.2 Å². The van der Waals surface area contributed by atoms with Crippen molar-refractivity contribution in [3.8, 4) is 0 Å². The number of hydrogen-bond acceptors (Lipinski definition) is 4. The smallest absolute Gasteiger partial charge is 0.223 e. The van der Waals surface area contributed by atoms with E-state index in [1.807, 2.05) is 6.92 Å². The van der Waals surface area contributed by atoms with Crippen LogP contribution < -0.4 is 0 Å². The highest BCUT2D eigenvalue weighted by molar-refractivity contribution is 7.91. The molecule has 0 atom stereocenters. The zero-order chi connectivity index (χ0) is 21.7. The van der Waals surface area contributed by atoms with Gasteiger partial charge in [0.25, 0.3) is 0 Å². The highest BCUT2D eigenvalue weighted by Gasteiger charge is 2.23. The fourth-order valence-corrected chi connectivity index (χ4v) is 4.89. The molecule has 3 rings (SSSR count). The summed E-state index contributed by atoms with van der Waals surface area (Å²) in [5.41, 5.74) is 3.64. The Balaban J connectivity index is 1.46. The van der Waals surface area contributed by atoms with Crippen LogP contribution >= 0.6 is 0 Å². The number of rotatable bonds is 7. The molecule has 2 aromatic carbocycles. The summed E-state index contributed by atoms with van der Waals surface area (Å²) in [5, 5.41) is 0. The fraction of sp³-hybridized carbons (Fsp3) is 0.458. The summed E-state index contributed by atoms with van der Waals surface area (Å²) in [6.45, 7) is 10.1. The van der Waals surface area contributed by atoms with Gasteiger partial charge in [-0.05, 0) is 36.1 Å². The summed E-state index contributed by atoms with van der Waals surface area (Å²) in [6, 6.07) is 15.5. The van der Waals surface area contributed by atoms with Crippen LogP contribution in [0.1, 0.15) is 42.9 Å². The monoisotopic (exact) mass is 428 g/mol. The molecular formula is C24H32N2O3S. The van der Waals surface area contributed by atoms with E-state index in [4.69, 9.17) is 0 Å². The number of benzene rings is 2. The Morgan fingerprint density at radius 2 is 1.53 bits per heavy atom. The van der Waals surface area contributed by atoms with E-state index in [2.05, 4.69) is 43.0 Å². The zero-order valence-electron chi connectivity index (χ0n) is 18.2. The molecule has 0 aromatic heterocycles. The van der Waals surface area contributed by atoms with Gasteiger partial charge in [0.1, 0.15) is 0 Å². The quantitative estimate of drug-likeness (QED) is 0.676. The number of amides is 1. The average molecular weight is 429 g/mol. The Hall–Kier alpha value is -2.18. The predicted molar refractivity (Wildman–Crippen MR) is 120 cm³/mol. The second-order valence-corrected chi connectivity index (χ2v) is 10.5. The van der Waals surface area contributed by atoms with Gasteiger partial charge in [0, 0.05) is 39.1 Å². The third-order valence-corrected chi connectivity index (χ3v) is 7.47. The second kappa shape index (κ2) is 9.75. The summed E-state index contributed by atoms with van der Waals surface area (Å²) >= 11 is 0. The molecule has 0 N–H and O–H groups in total. The molecule has 6 heteroatoms. The molecular weight excluding hydrogens is 396 g/mol. The van der Waals surface area contributed by atoms with Crippen molar-refractivity contribution in [1.82, 2.24) is 9.80 Å². The maximum Gasteiger partial charge on any atom is 0.223 e. The number of piperazine rings is 1. The van der Waals surface area contributed by atoms with Crippen molar-refractivity contribution in [2.24, 2.45) is 0 Å². The number of aryl methyl sites for hydroxylation is 1. The van der Waals surface area contributed by atoms with E-state index in [-0.39, 0.29) is 23.0 Å². The first-order valence-corrected chi connectivity index (χ1v) is 12.3. The Kier molecular flexibility index (Phi) is 7.32. The normalized spacial score (nSPS) is 15.5. The van der Waals surface area contributed by atoms with Gasteiger partial charge in [-0.1, -0.05) is 55.8 Å². The third-order valence-electron chi connectivity index (χ3n) is 5.74. The molecule has 0 bridgehead atoms. The Morgan fingerprint density at radius 3 is 2.10 bits per heavy atom. The highest BCUT2D eigenvalue weighted by atomic mass is 32.2. The lowest BCUT2D eigenvalue weighted by Crippen LogP contribution is -2.48. The van der Waals surface area contributed by atoms with Gasteiger partial charge in [0.2, 0.25) is 5.91 Å². The Bertz CT molecular complexity index is 943. The van der Waals surface area contributed by atoms with Gasteiger partial charge in [0.15, 0.2) is 9.84 Å². The SMILES string of the molecule is Cc1ccc(S(=O)(=O)CCC(=O)N2CCN(Cc3ccc(C(C)C)cc3)CC2)cc1. The van der Waals surface area contributed by atoms with E-state index in [1.165, 1.54) is 11.1 Å². The summed E-state index contributed by atoms with van der Waals surface area (Å²) in [5.74, 6) is 0.312. The molecule has 1 aliphatic rings. The molecule has 2 aromatic rings. The first kappa shape index (κ1) is 22.5. The number of carbonyl (C=O) groups excluding carboxylic acids is 1. The van der Waals surface area contributed by atoms with E-state index in [0.29, 0.717) is 19.0 Å². The molecule has 30 heavy (non-hydrogen) atoms. The number of nitrogens with zero attached hydrogens (tertiary/aromatic N) is 2. The Labute approximate surface area is 180 Å². The number of carbonyl (C=O) groups is 1. The summed E-state index contributed by atoms with van der Waals surface area (Å²) in [4.78, 5) is 17.0.